The largest absolute Gasteiger partial charge is 0.381 e. The Bertz CT molecular complexity index is 221. The summed E-state index contributed by atoms with van der Waals surface area (Å²) in [6.07, 6.45) is 3.09. The summed E-state index contributed by atoms with van der Waals surface area (Å²) in [5.74, 6) is 0.368. The number of likely N-dealkylation sites (N-methyl/N-ethyl adjacent to an activating group) is 1. The number of nitrogens with zero attached hydrogens (tertiary/aromatic N) is 1. The summed E-state index contributed by atoms with van der Waals surface area (Å²) >= 11 is 0. The van der Waals surface area contributed by atoms with E-state index in [9.17, 15) is 4.79 Å². The lowest BCUT2D eigenvalue weighted by Crippen LogP contribution is -2.43. The van der Waals surface area contributed by atoms with Gasteiger partial charge >= 0.3 is 0 Å². The Balaban J connectivity index is 1.87. The number of nitrogens with one attached hydrogen (secondary N) is 1. The topological polar surface area (TPSA) is 41.6 Å². The minimum absolute atomic E-state index is 0.101. The van der Waals surface area contributed by atoms with E-state index in [0.29, 0.717) is 12.6 Å². The molecule has 2 unspecified atom stereocenters. The number of carbonyl (C=O) groups excluding carboxylic acids is 1. The van der Waals surface area contributed by atoms with Crippen molar-refractivity contribution in [1.29, 1.82) is 0 Å². The van der Waals surface area contributed by atoms with E-state index in [1.807, 2.05) is 11.9 Å². The first-order chi connectivity index (χ1) is 7.29. The molecule has 2 aliphatic heterocycles. The fraction of sp³-hybridized carbons (Fsp3) is 0.909. The van der Waals surface area contributed by atoms with Gasteiger partial charge in [-0.1, -0.05) is 0 Å². The predicted octanol–water partition coefficient (Wildman–Crippen LogP) is 0.233. The lowest BCUT2D eigenvalue weighted by molar-refractivity contribution is -0.140. The molecule has 0 aromatic heterocycles. The Hall–Kier alpha value is -0.610. The second-order valence-electron chi connectivity index (χ2n) is 4.51. The van der Waals surface area contributed by atoms with E-state index in [1.165, 1.54) is 0 Å². The molecule has 1 N–H and O–H groups in total. The van der Waals surface area contributed by atoms with Gasteiger partial charge in [0.1, 0.15) is 0 Å². The molecule has 0 aromatic rings. The van der Waals surface area contributed by atoms with E-state index in [4.69, 9.17) is 4.74 Å². The van der Waals surface area contributed by atoms with Crippen molar-refractivity contribution in [2.45, 2.75) is 25.3 Å². The maximum Gasteiger partial charge on any atom is 0.228 e. The summed E-state index contributed by atoms with van der Waals surface area (Å²) in [5.41, 5.74) is 0. The van der Waals surface area contributed by atoms with Crippen molar-refractivity contribution in [1.82, 2.24) is 10.2 Å². The second kappa shape index (κ2) is 4.94. The van der Waals surface area contributed by atoms with Gasteiger partial charge in [-0.2, -0.15) is 0 Å². The Morgan fingerprint density at radius 1 is 1.47 bits per heavy atom. The van der Waals surface area contributed by atoms with Gasteiger partial charge in [0.05, 0.1) is 12.5 Å². The monoisotopic (exact) mass is 212 g/mol. The first kappa shape index (κ1) is 10.9. The van der Waals surface area contributed by atoms with Crippen LogP contribution < -0.4 is 5.32 Å². The SMILES string of the molecule is CN(C(=O)C1CCCOC1)C1CCNC1. The fourth-order valence-electron chi connectivity index (χ4n) is 2.37. The minimum atomic E-state index is 0.101. The molecule has 1 amide bonds. The third-order valence-corrected chi connectivity index (χ3v) is 3.44. The zero-order valence-electron chi connectivity index (χ0n) is 9.37. The number of hydrogen-bond donors (Lipinski definition) is 1. The second-order valence-corrected chi connectivity index (χ2v) is 4.51. The van der Waals surface area contributed by atoms with Crippen LogP contribution >= 0.6 is 0 Å². The Kier molecular flexibility index (Phi) is 3.59. The van der Waals surface area contributed by atoms with Crippen molar-refractivity contribution >= 4 is 5.91 Å². The van der Waals surface area contributed by atoms with E-state index < -0.39 is 0 Å². The Labute approximate surface area is 91.0 Å². The highest BCUT2D eigenvalue weighted by Crippen LogP contribution is 2.18. The Morgan fingerprint density at radius 2 is 2.33 bits per heavy atom. The van der Waals surface area contributed by atoms with Crippen LogP contribution in [0.2, 0.25) is 0 Å². The van der Waals surface area contributed by atoms with Crippen molar-refractivity contribution in [3.05, 3.63) is 0 Å². The van der Waals surface area contributed by atoms with Crippen LogP contribution in [0.25, 0.3) is 0 Å². The van der Waals surface area contributed by atoms with Gasteiger partial charge in [-0.25, -0.2) is 0 Å². The highest BCUT2D eigenvalue weighted by molar-refractivity contribution is 5.79. The van der Waals surface area contributed by atoms with Crippen LogP contribution in [0.5, 0.6) is 0 Å². The molecule has 0 saturated carbocycles. The molecule has 86 valence electrons. The average molecular weight is 212 g/mol. The van der Waals surface area contributed by atoms with Crippen molar-refractivity contribution in [3.8, 4) is 0 Å². The summed E-state index contributed by atoms with van der Waals surface area (Å²) in [6, 6.07) is 0.388. The summed E-state index contributed by atoms with van der Waals surface area (Å²) in [4.78, 5) is 14.0. The predicted molar refractivity (Wildman–Crippen MR) is 57.6 cm³/mol. The van der Waals surface area contributed by atoms with Crippen LogP contribution in [0.15, 0.2) is 0 Å². The molecule has 2 atom stereocenters. The molecule has 2 saturated heterocycles. The molecule has 2 fully saturated rings. The highest BCUT2D eigenvalue weighted by atomic mass is 16.5. The molecule has 4 nitrogen and oxygen atoms in total. The van der Waals surface area contributed by atoms with Gasteiger partial charge < -0.3 is 15.0 Å². The van der Waals surface area contributed by atoms with Crippen LogP contribution in [-0.4, -0.2) is 50.2 Å². The van der Waals surface area contributed by atoms with Crippen LogP contribution in [-0.2, 0) is 9.53 Å². The minimum Gasteiger partial charge on any atom is -0.381 e. The molecule has 2 aliphatic rings. The summed E-state index contributed by atoms with van der Waals surface area (Å²) in [5, 5.41) is 3.29. The lowest BCUT2D eigenvalue weighted by Gasteiger charge is -2.30. The average Bonchev–Trinajstić information content (AvgIpc) is 2.82. The maximum absolute atomic E-state index is 12.1. The van der Waals surface area contributed by atoms with Crippen LogP contribution in [0.1, 0.15) is 19.3 Å². The molecule has 0 aromatic carbocycles. The van der Waals surface area contributed by atoms with Crippen molar-refractivity contribution in [2.75, 3.05) is 33.4 Å². The van der Waals surface area contributed by atoms with Crippen LogP contribution in [0.4, 0.5) is 0 Å². The molecule has 0 spiro atoms. The quantitative estimate of drug-likeness (QED) is 0.712. The van der Waals surface area contributed by atoms with E-state index in [0.717, 1.165) is 39.0 Å². The van der Waals surface area contributed by atoms with Gasteiger partial charge in [-0.3, -0.25) is 4.79 Å². The first-order valence-electron chi connectivity index (χ1n) is 5.84. The molecule has 4 heteroatoms. The third-order valence-electron chi connectivity index (χ3n) is 3.44. The van der Waals surface area contributed by atoms with Gasteiger partial charge in [-0.15, -0.1) is 0 Å². The molecule has 0 bridgehead atoms. The number of hydrogen-bond acceptors (Lipinski definition) is 3. The van der Waals surface area contributed by atoms with Gasteiger partial charge in [0.15, 0.2) is 0 Å². The van der Waals surface area contributed by atoms with E-state index in [2.05, 4.69) is 5.32 Å². The maximum atomic E-state index is 12.1. The van der Waals surface area contributed by atoms with Crippen molar-refractivity contribution in [3.63, 3.8) is 0 Å². The summed E-state index contributed by atoms with van der Waals surface area (Å²) in [7, 11) is 1.93. The number of rotatable bonds is 2. The van der Waals surface area contributed by atoms with E-state index in [1.54, 1.807) is 0 Å². The smallest absolute Gasteiger partial charge is 0.228 e. The molecule has 2 heterocycles. The van der Waals surface area contributed by atoms with Crippen molar-refractivity contribution < 1.29 is 9.53 Å². The van der Waals surface area contributed by atoms with Crippen molar-refractivity contribution in [2.24, 2.45) is 5.92 Å². The van der Waals surface area contributed by atoms with E-state index >= 15 is 0 Å². The first-order valence-corrected chi connectivity index (χ1v) is 5.84. The fourth-order valence-corrected chi connectivity index (χ4v) is 2.37. The van der Waals surface area contributed by atoms with Crippen LogP contribution in [0, 0.1) is 5.92 Å². The van der Waals surface area contributed by atoms with Gasteiger partial charge in [0, 0.05) is 26.2 Å². The number of carbonyl (C=O) groups is 1. The summed E-state index contributed by atoms with van der Waals surface area (Å²) < 4.78 is 5.35. The molecular formula is C11H20N2O2. The molecular weight excluding hydrogens is 192 g/mol. The molecule has 15 heavy (non-hydrogen) atoms. The van der Waals surface area contributed by atoms with E-state index in [-0.39, 0.29) is 11.8 Å². The zero-order chi connectivity index (χ0) is 10.7. The molecule has 2 rings (SSSR count). The molecule has 0 radical (unpaired) electrons. The zero-order valence-corrected chi connectivity index (χ0v) is 9.37. The normalized spacial score (nSPS) is 31.5. The summed E-state index contributed by atoms with van der Waals surface area (Å²) in [6.45, 7) is 3.40. The Morgan fingerprint density at radius 3 is 2.93 bits per heavy atom. The number of amides is 1. The molecule has 0 aliphatic carbocycles. The lowest BCUT2D eigenvalue weighted by atomic mass is 10.00. The third kappa shape index (κ3) is 2.49. The van der Waals surface area contributed by atoms with Gasteiger partial charge in [-0.05, 0) is 25.8 Å². The highest BCUT2D eigenvalue weighted by Gasteiger charge is 2.29. The van der Waals surface area contributed by atoms with Crippen LogP contribution in [0.3, 0.4) is 0 Å². The standard InChI is InChI=1S/C11H20N2O2/c1-13(10-4-5-12-7-10)11(14)9-3-2-6-15-8-9/h9-10,12H,2-8H2,1H3. The number of ether oxygens (including phenoxy) is 1. The van der Waals surface area contributed by atoms with Gasteiger partial charge in [0.25, 0.3) is 0 Å². The van der Waals surface area contributed by atoms with Gasteiger partial charge in [0.2, 0.25) is 5.91 Å².